The van der Waals surface area contributed by atoms with Gasteiger partial charge >= 0.3 is 0 Å². The second-order valence-corrected chi connectivity index (χ2v) is 9.34. The molecule has 3 heterocycles. The van der Waals surface area contributed by atoms with Crippen molar-refractivity contribution in [2.75, 3.05) is 19.6 Å². The summed E-state index contributed by atoms with van der Waals surface area (Å²) in [4.78, 5) is 2.45. The molecule has 2 aliphatic heterocycles. The minimum atomic E-state index is -3.30. The van der Waals surface area contributed by atoms with Gasteiger partial charge in [-0.05, 0) is 35.4 Å². The third kappa shape index (κ3) is 2.85. The van der Waals surface area contributed by atoms with E-state index in [1.165, 1.54) is 22.5 Å². The number of sulfonamides is 1. The lowest BCUT2D eigenvalue weighted by Gasteiger charge is -2.33. The first-order chi connectivity index (χ1) is 11.1. The van der Waals surface area contributed by atoms with Crippen LogP contribution in [0.2, 0.25) is 0 Å². The summed E-state index contributed by atoms with van der Waals surface area (Å²) < 4.78 is 27.4. The molecule has 0 bridgehead atoms. The molecule has 23 heavy (non-hydrogen) atoms. The molecule has 1 saturated heterocycles. The molecule has 0 saturated carbocycles. The van der Waals surface area contributed by atoms with Gasteiger partial charge in [0, 0.05) is 32.2 Å². The molecule has 6 heteroatoms. The van der Waals surface area contributed by atoms with Crippen LogP contribution >= 0.6 is 11.3 Å². The molecule has 0 amide bonds. The number of thiophene rings is 1. The molecule has 1 unspecified atom stereocenters. The summed E-state index contributed by atoms with van der Waals surface area (Å²) in [6.07, 6.45) is 1.98. The highest BCUT2D eigenvalue weighted by Crippen LogP contribution is 2.29. The summed E-state index contributed by atoms with van der Waals surface area (Å²) in [6.45, 7) is 3.20. The highest BCUT2D eigenvalue weighted by Gasteiger charge is 2.36. The molecule has 0 N–H and O–H groups in total. The molecule has 2 aliphatic rings. The van der Waals surface area contributed by atoms with Crippen LogP contribution in [0.25, 0.3) is 0 Å². The van der Waals surface area contributed by atoms with Crippen LogP contribution in [0.5, 0.6) is 0 Å². The highest BCUT2D eigenvalue weighted by atomic mass is 32.2. The Bertz CT molecular complexity index is 787. The highest BCUT2D eigenvalue weighted by molar-refractivity contribution is 7.91. The molecule has 1 aromatic carbocycles. The van der Waals surface area contributed by atoms with Gasteiger partial charge in [0.1, 0.15) is 4.21 Å². The minimum absolute atomic E-state index is 0.332. The zero-order valence-electron chi connectivity index (χ0n) is 12.9. The zero-order chi connectivity index (χ0) is 15.9. The van der Waals surface area contributed by atoms with E-state index >= 15 is 0 Å². The van der Waals surface area contributed by atoms with Gasteiger partial charge in [0.15, 0.2) is 0 Å². The van der Waals surface area contributed by atoms with E-state index in [0.29, 0.717) is 23.3 Å². The first kappa shape index (κ1) is 15.3. The Morgan fingerprint density at radius 1 is 1.04 bits per heavy atom. The van der Waals surface area contributed by atoms with Crippen molar-refractivity contribution in [3.63, 3.8) is 0 Å². The third-order valence-electron chi connectivity index (χ3n) is 4.89. The Kier molecular flexibility index (Phi) is 4.01. The Morgan fingerprint density at radius 2 is 1.87 bits per heavy atom. The largest absolute Gasteiger partial charge is 0.294 e. The molecule has 0 aliphatic carbocycles. The Labute approximate surface area is 141 Å². The van der Waals surface area contributed by atoms with Gasteiger partial charge in [0.25, 0.3) is 10.0 Å². The lowest BCUT2D eigenvalue weighted by atomic mass is 9.98. The van der Waals surface area contributed by atoms with Crippen LogP contribution < -0.4 is 0 Å². The summed E-state index contributed by atoms with van der Waals surface area (Å²) in [5, 5.41) is 1.82. The van der Waals surface area contributed by atoms with Crippen molar-refractivity contribution in [1.82, 2.24) is 9.21 Å². The van der Waals surface area contributed by atoms with Gasteiger partial charge in [-0.3, -0.25) is 4.90 Å². The van der Waals surface area contributed by atoms with Gasteiger partial charge in [0.2, 0.25) is 0 Å². The molecule has 1 aromatic heterocycles. The lowest BCUT2D eigenvalue weighted by molar-refractivity contribution is 0.185. The first-order valence-corrected chi connectivity index (χ1v) is 10.3. The maximum absolute atomic E-state index is 12.6. The van der Waals surface area contributed by atoms with Gasteiger partial charge in [-0.15, -0.1) is 11.3 Å². The van der Waals surface area contributed by atoms with E-state index in [9.17, 15) is 8.42 Å². The van der Waals surface area contributed by atoms with Crippen LogP contribution in [0.1, 0.15) is 17.5 Å². The van der Waals surface area contributed by atoms with E-state index in [-0.39, 0.29) is 0 Å². The van der Waals surface area contributed by atoms with Crippen LogP contribution in [0.15, 0.2) is 46.0 Å². The summed E-state index contributed by atoms with van der Waals surface area (Å²) >= 11 is 1.30. The first-order valence-electron chi connectivity index (χ1n) is 7.99. The van der Waals surface area contributed by atoms with Crippen molar-refractivity contribution >= 4 is 21.4 Å². The quantitative estimate of drug-likeness (QED) is 0.856. The Morgan fingerprint density at radius 3 is 2.65 bits per heavy atom. The van der Waals surface area contributed by atoms with Gasteiger partial charge in [0.05, 0.1) is 0 Å². The van der Waals surface area contributed by atoms with Gasteiger partial charge in [-0.2, -0.15) is 4.31 Å². The third-order valence-corrected chi connectivity index (χ3v) is 8.13. The number of benzene rings is 1. The van der Waals surface area contributed by atoms with Crippen molar-refractivity contribution in [1.29, 1.82) is 0 Å². The normalized spacial score (nSPS) is 23.0. The van der Waals surface area contributed by atoms with Crippen molar-refractivity contribution in [3.05, 3.63) is 52.9 Å². The molecule has 4 rings (SSSR count). The summed E-state index contributed by atoms with van der Waals surface area (Å²) in [7, 11) is -3.30. The smallest absolute Gasteiger partial charge is 0.252 e. The molecule has 0 radical (unpaired) electrons. The maximum Gasteiger partial charge on any atom is 0.252 e. The predicted octanol–water partition coefficient (Wildman–Crippen LogP) is 2.57. The van der Waals surface area contributed by atoms with Crippen LogP contribution in [-0.4, -0.2) is 43.3 Å². The SMILES string of the molecule is O=S(=O)(c1cccs1)N1CCC(N2CCc3ccccc3C2)C1. The molecule has 1 fully saturated rings. The number of nitrogens with zero attached hydrogens (tertiary/aromatic N) is 2. The Balaban J connectivity index is 1.47. The van der Waals surface area contributed by atoms with Crippen LogP contribution in [0, 0.1) is 0 Å². The maximum atomic E-state index is 12.6. The van der Waals surface area contributed by atoms with E-state index in [4.69, 9.17) is 0 Å². The van der Waals surface area contributed by atoms with E-state index in [2.05, 4.69) is 29.2 Å². The second kappa shape index (κ2) is 6.02. The average Bonchev–Trinajstić information content (AvgIpc) is 3.26. The van der Waals surface area contributed by atoms with Crippen LogP contribution in [-0.2, 0) is 23.0 Å². The summed E-state index contributed by atoms with van der Waals surface area (Å²) in [5.41, 5.74) is 2.82. The molecule has 0 spiro atoms. The van der Waals surface area contributed by atoms with E-state index < -0.39 is 10.0 Å². The van der Waals surface area contributed by atoms with E-state index in [1.54, 1.807) is 16.4 Å². The van der Waals surface area contributed by atoms with Gasteiger partial charge in [-0.1, -0.05) is 30.3 Å². The fourth-order valence-electron chi connectivity index (χ4n) is 3.59. The average molecular weight is 348 g/mol. The number of hydrogen-bond donors (Lipinski definition) is 0. The van der Waals surface area contributed by atoms with Crippen LogP contribution in [0.4, 0.5) is 0 Å². The Hall–Kier alpha value is -1.21. The lowest BCUT2D eigenvalue weighted by Crippen LogP contribution is -2.41. The molecule has 2 aromatic rings. The van der Waals surface area contributed by atoms with Crippen molar-refractivity contribution in [3.8, 4) is 0 Å². The molecule has 1 atom stereocenters. The molecular formula is C17H20N2O2S2. The monoisotopic (exact) mass is 348 g/mol. The zero-order valence-corrected chi connectivity index (χ0v) is 14.5. The fraction of sp³-hybridized carbons (Fsp3) is 0.412. The van der Waals surface area contributed by atoms with E-state index in [1.807, 2.05) is 5.38 Å². The predicted molar refractivity (Wildman–Crippen MR) is 92.0 cm³/mol. The van der Waals surface area contributed by atoms with Crippen LogP contribution in [0.3, 0.4) is 0 Å². The molecular weight excluding hydrogens is 328 g/mol. The van der Waals surface area contributed by atoms with Crippen molar-refractivity contribution in [2.24, 2.45) is 0 Å². The second-order valence-electron chi connectivity index (χ2n) is 6.23. The molecule has 4 nitrogen and oxygen atoms in total. The van der Waals surface area contributed by atoms with Crippen molar-refractivity contribution < 1.29 is 8.42 Å². The molecule has 122 valence electrons. The minimum Gasteiger partial charge on any atom is -0.294 e. The van der Waals surface area contributed by atoms with E-state index in [0.717, 1.165) is 25.9 Å². The fourth-order valence-corrected chi connectivity index (χ4v) is 6.23. The number of hydrogen-bond acceptors (Lipinski definition) is 4. The topological polar surface area (TPSA) is 40.6 Å². The summed E-state index contributed by atoms with van der Waals surface area (Å²) in [6, 6.07) is 12.4. The van der Waals surface area contributed by atoms with Gasteiger partial charge < -0.3 is 0 Å². The number of rotatable bonds is 3. The standard InChI is InChI=1S/C17H20N2O2S2/c20-23(21,17-6-3-11-22-17)19-10-8-16(13-19)18-9-7-14-4-1-2-5-15(14)12-18/h1-6,11,16H,7-10,12-13H2. The van der Waals surface area contributed by atoms with Crippen molar-refractivity contribution in [2.45, 2.75) is 29.6 Å². The van der Waals surface area contributed by atoms with Gasteiger partial charge in [-0.25, -0.2) is 8.42 Å². The number of fused-ring (bicyclic) bond motifs is 1. The summed E-state index contributed by atoms with van der Waals surface area (Å²) in [5.74, 6) is 0.